The Morgan fingerprint density at radius 2 is 1.74 bits per heavy atom. The maximum Gasteiger partial charge on any atom is 0.534 e. The van der Waals surface area contributed by atoms with E-state index in [9.17, 15) is 39.6 Å². The number of carbonyl (C=O) groups excluding carboxylic acids is 1. The van der Waals surface area contributed by atoms with Gasteiger partial charge in [0.2, 0.25) is 5.88 Å². The molecule has 6 nitrogen and oxygen atoms in total. The molecule has 0 aromatic carbocycles. The van der Waals surface area contributed by atoms with E-state index in [1.54, 1.807) is 0 Å². The van der Waals surface area contributed by atoms with E-state index < -0.39 is 49.9 Å². The lowest BCUT2D eigenvalue weighted by Crippen LogP contribution is -2.29. The lowest BCUT2D eigenvalue weighted by molar-refractivity contribution is -0.141. The third-order valence-electron chi connectivity index (χ3n) is 2.09. The van der Waals surface area contributed by atoms with E-state index in [2.05, 4.69) is 13.9 Å². The van der Waals surface area contributed by atoms with Crippen LogP contribution in [0.3, 0.4) is 0 Å². The smallest absolute Gasteiger partial charge is 0.465 e. The van der Waals surface area contributed by atoms with Gasteiger partial charge in [0.15, 0.2) is 5.69 Å². The minimum absolute atomic E-state index is 0.227. The molecule has 0 aliphatic carbocycles. The quantitative estimate of drug-likeness (QED) is 0.343. The van der Waals surface area contributed by atoms with Gasteiger partial charge in [-0.3, -0.25) is 0 Å². The highest BCUT2D eigenvalue weighted by Gasteiger charge is 2.50. The van der Waals surface area contributed by atoms with Gasteiger partial charge >= 0.3 is 27.8 Å². The van der Waals surface area contributed by atoms with Crippen LogP contribution < -0.4 is 4.18 Å². The fourth-order valence-electron chi connectivity index (χ4n) is 1.14. The normalized spacial score (nSPS) is 12.9. The predicted molar refractivity (Wildman–Crippen MR) is 61.2 cm³/mol. The van der Waals surface area contributed by atoms with Gasteiger partial charge in [-0.15, -0.1) is 0 Å². The van der Waals surface area contributed by atoms with Gasteiger partial charge in [0, 0.05) is 0 Å². The summed E-state index contributed by atoms with van der Waals surface area (Å²) in [7, 11) is -5.64. The molecule has 0 amide bonds. The first-order valence-corrected chi connectivity index (χ1v) is 6.86. The van der Waals surface area contributed by atoms with Crippen molar-refractivity contribution in [2.24, 2.45) is 0 Å². The highest BCUT2D eigenvalue weighted by atomic mass is 35.5. The number of pyridine rings is 1. The Morgan fingerprint density at radius 3 is 2.13 bits per heavy atom. The van der Waals surface area contributed by atoms with Gasteiger partial charge in [0.1, 0.15) is 5.56 Å². The molecular weight excluding hydrogens is 384 g/mol. The summed E-state index contributed by atoms with van der Waals surface area (Å²) >= 11 is 5.23. The van der Waals surface area contributed by atoms with E-state index in [1.165, 1.54) is 0 Å². The van der Waals surface area contributed by atoms with Crippen molar-refractivity contribution in [3.63, 3.8) is 0 Å². The molecule has 1 rings (SSSR count). The molecule has 0 radical (unpaired) electrons. The summed E-state index contributed by atoms with van der Waals surface area (Å²) in [5, 5.41) is -1.17. The molecule has 23 heavy (non-hydrogen) atoms. The monoisotopic (exact) mass is 387 g/mol. The molecule has 0 unspecified atom stereocenters. The molecule has 1 aromatic heterocycles. The summed E-state index contributed by atoms with van der Waals surface area (Å²) < 4.78 is 104. The van der Waals surface area contributed by atoms with Crippen LogP contribution in [0.25, 0.3) is 0 Å². The van der Waals surface area contributed by atoms with Crippen molar-refractivity contribution in [2.45, 2.75) is 11.7 Å². The maximum atomic E-state index is 12.6. The first kappa shape index (κ1) is 19.3. The number of esters is 1. The molecule has 0 atom stereocenters. The van der Waals surface area contributed by atoms with Crippen molar-refractivity contribution in [1.29, 1.82) is 0 Å². The summed E-state index contributed by atoms with van der Waals surface area (Å²) in [5.41, 5.74) is -9.04. The Labute approximate surface area is 129 Å². The van der Waals surface area contributed by atoms with Crippen LogP contribution in [-0.2, 0) is 21.0 Å². The first-order chi connectivity index (χ1) is 10.2. The zero-order valence-electron chi connectivity index (χ0n) is 10.6. The van der Waals surface area contributed by atoms with Gasteiger partial charge in [-0.1, -0.05) is 11.6 Å². The topological polar surface area (TPSA) is 82.6 Å². The standard InChI is InChI=1S/C9H4ClF6NO5S/c1-21-7(18)3-2-4(10)5(8(11,12)13)17-6(3)22-23(19,20)9(14,15)16/h2H,1H3. The number of hydrogen-bond donors (Lipinski definition) is 0. The van der Waals surface area contributed by atoms with Crippen LogP contribution in [0, 0.1) is 0 Å². The second-order valence-electron chi connectivity index (χ2n) is 3.64. The van der Waals surface area contributed by atoms with Crippen molar-refractivity contribution in [3.05, 3.63) is 22.3 Å². The zero-order valence-corrected chi connectivity index (χ0v) is 12.2. The van der Waals surface area contributed by atoms with E-state index in [0.29, 0.717) is 0 Å². The van der Waals surface area contributed by atoms with Gasteiger partial charge in [-0.05, 0) is 6.07 Å². The van der Waals surface area contributed by atoms with Crippen molar-refractivity contribution in [1.82, 2.24) is 4.98 Å². The zero-order chi connectivity index (χ0) is 18.2. The summed E-state index contributed by atoms with van der Waals surface area (Å²) in [6, 6.07) is 0.227. The second-order valence-corrected chi connectivity index (χ2v) is 5.59. The molecule has 0 saturated heterocycles. The third kappa shape index (κ3) is 4.16. The first-order valence-electron chi connectivity index (χ1n) is 5.07. The molecule has 1 aromatic rings. The molecule has 130 valence electrons. The van der Waals surface area contributed by atoms with Gasteiger partial charge < -0.3 is 8.92 Å². The van der Waals surface area contributed by atoms with Crippen LogP contribution >= 0.6 is 11.6 Å². The summed E-state index contributed by atoms with van der Waals surface area (Å²) in [5.74, 6) is -3.29. The fourth-order valence-corrected chi connectivity index (χ4v) is 1.83. The summed E-state index contributed by atoms with van der Waals surface area (Å²) in [6.45, 7) is 0. The lowest BCUT2D eigenvalue weighted by Gasteiger charge is -2.14. The van der Waals surface area contributed by atoms with Crippen LogP contribution in [0.4, 0.5) is 26.3 Å². The highest BCUT2D eigenvalue weighted by Crippen LogP contribution is 2.37. The van der Waals surface area contributed by atoms with E-state index in [4.69, 9.17) is 11.6 Å². The van der Waals surface area contributed by atoms with Crippen LogP contribution in [0.15, 0.2) is 6.07 Å². The van der Waals surface area contributed by atoms with E-state index in [1.807, 2.05) is 0 Å². The van der Waals surface area contributed by atoms with Crippen molar-refractivity contribution >= 4 is 27.7 Å². The summed E-state index contributed by atoms with van der Waals surface area (Å²) in [6.07, 6.45) is -5.24. The Balaban J connectivity index is 3.58. The average molecular weight is 388 g/mol. The molecule has 1 heterocycles. The third-order valence-corrected chi connectivity index (χ3v) is 3.32. The molecule has 14 heteroatoms. The fraction of sp³-hybridized carbons (Fsp3) is 0.333. The molecule has 0 fully saturated rings. The SMILES string of the molecule is COC(=O)c1cc(Cl)c(C(F)(F)F)nc1OS(=O)(=O)C(F)(F)F. The van der Waals surface area contributed by atoms with Gasteiger partial charge in [0.05, 0.1) is 12.1 Å². The van der Waals surface area contributed by atoms with Crippen LogP contribution in [0.5, 0.6) is 5.88 Å². The molecule has 0 aliphatic rings. The van der Waals surface area contributed by atoms with Crippen molar-refractivity contribution < 1.29 is 48.5 Å². The minimum atomic E-state index is -6.37. The Hall–Kier alpha value is -1.76. The molecule has 0 bridgehead atoms. The van der Waals surface area contributed by atoms with Crippen molar-refractivity contribution in [2.75, 3.05) is 7.11 Å². The van der Waals surface area contributed by atoms with Crippen LogP contribution in [0.2, 0.25) is 5.02 Å². The Kier molecular flexibility index (Phi) is 5.06. The van der Waals surface area contributed by atoms with Gasteiger partial charge in [0.25, 0.3) is 0 Å². The predicted octanol–water partition coefficient (Wildman–Crippen LogP) is 2.77. The van der Waals surface area contributed by atoms with E-state index >= 15 is 0 Å². The van der Waals surface area contributed by atoms with Gasteiger partial charge in [-0.2, -0.15) is 34.8 Å². The minimum Gasteiger partial charge on any atom is -0.465 e. The number of nitrogens with zero attached hydrogens (tertiary/aromatic N) is 1. The maximum absolute atomic E-state index is 12.6. The number of hydrogen-bond acceptors (Lipinski definition) is 6. The Bertz CT molecular complexity index is 729. The molecule has 0 spiro atoms. The number of carbonyl (C=O) groups is 1. The average Bonchev–Trinajstić information content (AvgIpc) is 2.36. The number of methoxy groups -OCH3 is 1. The number of ether oxygens (including phenoxy) is 1. The van der Waals surface area contributed by atoms with Gasteiger partial charge in [-0.25, -0.2) is 9.78 Å². The number of alkyl halides is 6. The molecule has 0 aliphatic heterocycles. The highest BCUT2D eigenvalue weighted by molar-refractivity contribution is 7.87. The Morgan fingerprint density at radius 1 is 1.22 bits per heavy atom. The molecule has 0 N–H and O–H groups in total. The largest absolute Gasteiger partial charge is 0.534 e. The number of aromatic nitrogens is 1. The number of halogens is 7. The van der Waals surface area contributed by atoms with E-state index in [-0.39, 0.29) is 6.07 Å². The lowest BCUT2D eigenvalue weighted by atomic mass is 10.2. The second kappa shape index (κ2) is 6.03. The van der Waals surface area contributed by atoms with E-state index in [0.717, 1.165) is 7.11 Å². The molecular formula is C9H4ClF6NO5S. The molecule has 0 saturated carbocycles. The van der Waals surface area contributed by atoms with Crippen molar-refractivity contribution in [3.8, 4) is 5.88 Å². The summed E-state index contributed by atoms with van der Waals surface area (Å²) in [4.78, 5) is 13.9. The van der Waals surface area contributed by atoms with Crippen LogP contribution in [0.1, 0.15) is 16.1 Å². The number of rotatable bonds is 3. The van der Waals surface area contributed by atoms with Crippen LogP contribution in [-0.4, -0.2) is 32.0 Å².